The van der Waals surface area contributed by atoms with E-state index in [1.54, 1.807) is 6.20 Å². The third-order valence-corrected chi connectivity index (χ3v) is 13.2. The summed E-state index contributed by atoms with van der Waals surface area (Å²) in [6, 6.07) is 12.3. The predicted molar refractivity (Wildman–Crippen MR) is 285 cm³/mol. The number of benzene rings is 3. The standard InChI is InChI=1S/C53H75N13O9/c1-3-4-16-40(60-32(2)68)47(70)63-42(23-27-67)52(75)66-26-12-20-45(66)51(74)65-43(29-33-21-22-34-13-5-6-14-35(34)28-33)49(72)62-41(19-11-25-58-53(56)57)48(71)64-44(30-36-31-59-38-17-8-7-15-37(36)38)50(73)61-39(46(55)69)18-9-10-24-54/h5-8,13-15,17,21-22,28,31,39-45,59,67H,3-4,9-12,16,18-20,23-27,29-30,54H2,1-2H3,(H2,55,69)(H,60,68)(H,61,73)(H,62,72)(H,63,70)(H,64,71)(H,65,74)(H4,56,57,58)/t39-,40-,41-,42-,43+,44-,45-/m0/s1. The molecule has 75 heavy (non-hydrogen) atoms. The van der Waals surface area contributed by atoms with Crippen molar-refractivity contribution < 1.29 is 43.5 Å². The van der Waals surface area contributed by atoms with Gasteiger partial charge in [0, 0.05) is 56.6 Å². The first-order valence-electron chi connectivity index (χ1n) is 25.8. The molecule has 0 unspecified atom stereocenters. The van der Waals surface area contributed by atoms with Crippen molar-refractivity contribution in [3.05, 3.63) is 84.1 Å². The number of rotatable bonds is 30. The molecule has 1 aliphatic rings. The van der Waals surface area contributed by atoms with Crippen LogP contribution in [0.15, 0.2) is 77.9 Å². The van der Waals surface area contributed by atoms with Gasteiger partial charge in [-0.05, 0) is 92.3 Å². The molecule has 3 aromatic carbocycles. The number of primary amides is 1. The van der Waals surface area contributed by atoms with Crippen LogP contribution in [0, 0.1) is 0 Å². The number of aliphatic imine (C=N–C) groups is 1. The Morgan fingerprint density at radius 1 is 0.693 bits per heavy atom. The van der Waals surface area contributed by atoms with Gasteiger partial charge in [0.15, 0.2) is 5.96 Å². The van der Waals surface area contributed by atoms with E-state index in [2.05, 4.69) is 41.9 Å². The number of aromatic nitrogens is 1. The molecule has 16 N–H and O–H groups in total. The Kier molecular flexibility index (Phi) is 22.8. The zero-order valence-corrected chi connectivity index (χ0v) is 42.9. The summed E-state index contributed by atoms with van der Waals surface area (Å²) in [7, 11) is 0. The number of aliphatic hydroxyl groups is 1. The van der Waals surface area contributed by atoms with E-state index in [9.17, 15) is 43.5 Å². The third-order valence-electron chi connectivity index (χ3n) is 13.2. The Labute approximate surface area is 436 Å². The summed E-state index contributed by atoms with van der Waals surface area (Å²) in [6.45, 7) is 3.35. The molecular weight excluding hydrogens is 963 g/mol. The van der Waals surface area contributed by atoms with Gasteiger partial charge in [-0.15, -0.1) is 0 Å². The number of nitrogens with one attached hydrogen (secondary N) is 7. The second kappa shape index (κ2) is 29.3. The highest BCUT2D eigenvalue weighted by atomic mass is 16.3. The van der Waals surface area contributed by atoms with Crippen LogP contribution >= 0.6 is 0 Å². The van der Waals surface area contributed by atoms with Crippen molar-refractivity contribution >= 4 is 74.9 Å². The number of carbonyl (C=O) groups is 8. The molecule has 2 heterocycles. The number of guanidine groups is 1. The summed E-state index contributed by atoms with van der Waals surface area (Å²) in [5.74, 6) is -5.49. The van der Waals surface area contributed by atoms with Gasteiger partial charge in [-0.1, -0.05) is 80.4 Å². The first-order chi connectivity index (χ1) is 36.0. The van der Waals surface area contributed by atoms with Crippen molar-refractivity contribution in [2.24, 2.45) is 27.9 Å². The van der Waals surface area contributed by atoms with E-state index in [0.29, 0.717) is 49.8 Å². The molecule has 1 fully saturated rings. The van der Waals surface area contributed by atoms with Gasteiger partial charge in [-0.25, -0.2) is 0 Å². The minimum absolute atomic E-state index is 0.0282. The van der Waals surface area contributed by atoms with Gasteiger partial charge in [-0.2, -0.15) is 0 Å². The average Bonchev–Trinajstić information content (AvgIpc) is 4.05. The number of amides is 8. The number of carbonyl (C=O) groups excluding carboxylic acids is 8. The Morgan fingerprint density at radius 3 is 1.99 bits per heavy atom. The van der Waals surface area contributed by atoms with Crippen molar-refractivity contribution in [3.8, 4) is 0 Å². The van der Waals surface area contributed by atoms with E-state index in [4.69, 9.17) is 22.9 Å². The van der Waals surface area contributed by atoms with Gasteiger partial charge in [-0.3, -0.25) is 43.3 Å². The van der Waals surface area contributed by atoms with E-state index in [0.717, 1.165) is 28.1 Å². The summed E-state index contributed by atoms with van der Waals surface area (Å²) < 4.78 is 0. The van der Waals surface area contributed by atoms with Gasteiger partial charge >= 0.3 is 0 Å². The second-order valence-corrected chi connectivity index (χ2v) is 19.0. The van der Waals surface area contributed by atoms with Gasteiger partial charge in [0.25, 0.3) is 0 Å². The number of fused-ring (bicyclic) bond motifs is 2. The average molecular weight is 1040 g/mol. The first kappa shape index (κ1) is 58.3. The molecule has 4 aromatic rings. The molecule has 22 nitrogen and oxygen atoms in total. The number of H-pyrrole nitrogens is 1. The highest BCUT2D eigenvalue weighted by Crippen LogP contribution is 2.23. The lowest BCUT2D eigenvalue weighted by Gasteiger charge is -2.31. The fraction of sp³-hybridized carbons (Fsp3) is 0.491. The van der Waals surface area contributed by atoms with Crippen LogP contribution in [-0.2, 0) is 51.2 Å². The van der Waals surface area contributed by atoms with E-state index < -0.39 is 96.2 Å². The minimum Gasteiger partial charge on any atom is -0.396 e. The normalized spacial score (nSPS) is 15.6. The Bertz CT molecular complexity index is 2640. The Morgan fingerprint density at radius 2 is 1.31 bits per heavy atom. The summed E-state index contributed by atoms with van der Waals surface area (Å²) in [5.41, 5.74) is 24.7. The molecular formula is C53H75N13O9. The smallest absolute Gasteiger partial charge is 0.245 e. The van der Waals surface area contributed by atoms with Crippen LogP contribution in [0.1, 0.15) is 95.6 Å². The number of para-hydroxylation sites is 1. The van der Waals surface area contributed by atoms with Crippen LogP contribution in [0.5, 0.6) is 0 Å². The molecule has 1 saturated heterocycles. The number of hydrogen-bond donors (Lipinski definition) is 12. The molecule has 5 rings (SSSR count). The first-order valence-corrected chi connectivity index (χ1v) is 25.8. The third kappa shape index (κ3) is 17.5. The van der Waals surface area contributed by atoms with Crippen molar-refractivity contribution in [1.82, 2.24) is 41.8 Å². The predicted octanol–water partition coefficient (Wildman–Crippen LogP) is 0.267. The Balaban J connectivity index is 1.44. The molecule has 7 atom stereocenters. The second-order valence-electron chi connectivity index (χ2n) is 19.0. The molecule has 22 heteroatoms. The topological polar surface area (TPSA) is 364 Å². The molecule has 0 aliphatic carbocycles. The van der Waals surface area contributed by atoms with E-state index in [1.165, 1.54) is 11.8 Å². The maximum absolute atomic E-state index is 14.8. The lowest BCUT2D eigenvalue weighted by molar-refractivity contribution is -0.143. The van der Waals surface area contributed by atoms with E-state index >= 15 is 0 Å². The van der Waals surface area contributed by atoms with Crippen LogP contribution in [0.4, 0.5) is 0 Å². The maximum atomic E-state index is 14.8. The molecule has 1 aromatic heterocycles. The number of hydrogen-bond acceptors (Lipinski definition) is 11. The highest BCUT2D eigenvalue weighted by Gasteiger charge is 2.40. The summed E-state index contributed by atoms with van der Waals surface area (Å²) >= 11 is 0. The van der Waals surface area contributed by atoms with Crippen molar-refractivity contribution in [1.29, 1.82) is 0 Å². The number of unbranched alkanes of at least 4 members (excludes halogenated alkanes) is 2. The molecule has 406 valence electrons. The van der Waals surface area contributed by atoms with Crippen LogP contribution in [0.25, 0.3) is 21.7 Å². The zero-order chi connectivity index (χ0) is 54.4. The van der Waals surface area contributed by atoms with Crippen LogP contribution in [0.3, 0.4) is 0 Å². The van der Waals surface area contributed by atoms with E-state index in [-0.39, 0.29) is 64.0 Å². The molecule has 0 spiro atoms. The molecule has 0 bridgehead atoms. The fourth-order valence-electron chi connectivity index (χ4n) is 9.26. The minimum atomic E-state index is -1.33. The van der Waals surface area contributed by atoms with Crippen LogP contribution in [0.2, 0.25) is 0 Å². The SMILES string of the molecule is CCCC[C@H](NC(C)=O)C(=O)N[C@@H](CCO)C(=O)N1CCC[C@H]1C(=O)N[C@H](Cc1ccc2ccccc2c1)C(=O)N[C@@H](CCCN=C(N)N)C(=O)N[C@@H](Cc1c[nH]c2ccccc12)C(=O)N[C@@H](CCCCN)C(N)=O. The zero-order valence-electron chi connectivity index (χ0n) is 42.9. The number of nitrogens with zero attached hydrogens (tertiary/aromatic N) is 2. The van der Waals surface area contributed by atoms with Gasteiger partial charge < -0.3 is 69.8 Å². The summed E-state index contributed by atoms with van der Waals surface area (Å²) in [4.78, 5) is 119. The monoisotopic (exact) mass is 1040 g/mol. The highest BCUT2D eigenvalue weighted by molar-refractivity contribution is 5.98. The quantitative estimate of drug-likeness (QED) is 0.0190. The van der Waals surface area contributed by atoms with Crippen LogP contribution < -0.4 is 54.8 Å². The van der Waals surface area contributed by atoms with Crippen molar-refractivity contribution in [2.75, 3.05) is 26.2 Å². The van der Waals surface area contributed by atoms with E-state index in [1.807, 2.05) is 73.7 Å². The number of aliphatic hydroxyl groups excluding tert-OH is 1. The number of nitrogens with two attached hydrogens (primary N) is 4. The van der Waals surface area contributed by atoms with Gasteiger partial charge in [0.1, 0.15) is 42.3 Å². The molecule has 0 saturated carbocycles. The van der Waals surface area contributed by atoms with Crippen molar-refractivity contribution in [3.63, 3.8) is 0 Å². The lowest BCUT2D eigenvalue weighted by Crippen LogP contribution is -2.60. The van der Waals surface area contributed by atoms with Crippen LogP contribution in [-0.4, -0.2) is 137 Å². The number of aromatic amines is 1. The summed E-state index contributed by atoms with van der Waals surface area (Å²) in [6.07, 6.45) is 5.27. The Hall–Kier alpha value is -7.59. The van der Waals surface area contributed by atoms with Gasteiger partial charge in [0.2, 0.25) is 47.3 Å². The molecule has 0 radical (unpaired) electrons. The largest absolute Gasteiger partial charge is 0.396 e. The lowest BCUT2D eigenvalue weighted by atomic mass is 9.99. The molecule has 8 amide bonds. The fourth-order valence-corrected chi connectivity index (χ4v) is 9.26. The summed E-state index contributed by atoms with van der Waals surface area (Å²) in [5, 5.41) is 29.1. The van der Waals surface area contributed by atoms with Crippen molar-refractivity contribution in [2.45, 2.75) is 140 Å². The maximum Gasteiger partial charge on any atom is 0.245 e. The number of likely N-dealkylation sites (tertiary alicyclic amines) is 1. The molecule has 1 aliphatic heterocycles. The van der Waals surface area contributed by atoms with Gasteiger partial charge in [0.05, 0.1) is 0 Å².